The number of rotatable bonds is 14. The van der Waals surface area contributed by atoms with Crippen molar-refractivity contribution in [2.75, 3.05) is 6.61 Å². The zero-order chi connectivity index (χ0) is 19.1. The molecule has 0 atom stereocenters. The highest BCUT2D eigenvalue weighted by Crippen LogP contribution is 2.16. The van der Waals surface area contributed by atoms with E-state index in [1.165, 1.54) is 0 Å². The van der Waals surface area contributed by atoms with Gasteiger partial charge in [-0.1, -0.05) is 40.0 Å². The maximum atomic E-state index is 5.67. The summed E-state index contributed by atoms with van der Waals surface area (Å²) in [5, 5.41) is 12.4. The first kappa shape index (κ1) is 23.6. The molecule has 0 aromatic heterocycles. The molecule has 0 saturated heterocycles. The Morgan fingerprint density at radius 1 is 0.640 bits per heavy atom. The van der Waals surface area contributed by atoms with Gasteiger partial charge in [-0.2, -0.15) is 0 Å². The summed E-state index contributed by atoms with van der Waals surface area (Å²) in [5.41, 5.74) is 2.53. The van der Waals surface area contributed by atoms with E-state index in [1.807, 2.05) is 27.7 Å². The Morgan fingerprint density at radius 3 is 1.20 bits per heavy atom. The summed E-state index contributed by atoms with van der Waals surface area (Å²) >= 11 is 0. The van der Waals surface area contributed by atoms with E-state index in [2.05, 4.69) is 36.2 Å². The predicted octanol–water partition coefficient (Wildman–Crippen LogP) is 5.04. The minimum absolute atomic E-state index is 0.346. The van der Waals surface area contributed by atoms with E-state index < -0.39 is 9.05 Å². The van der Waals surface area contributed by atoms with E-state index >= 15 is 0 Å². The van der Waals surface area contributed by atoms with Crippen molar-refractivity contribution in [2.24, 2.45) is 15.5 Å². The van der Waals surface area contributed by atoms with Crippen LogP contribution in [0.2, 0.25) is 0 Å². The maximum Gasteiger partial charge on any atom is 0.957 e. The second-order valence-corrected chi connectivity index (χ2v) is 7.77. The third kappa shape index (κ3) is 10.9. The van der Waals surface area contributed by atoms with Crippen molar-refractivity contribution < 1.29 is 18.0 Å². The molecule has 0 fully saturated rings. The van der Waals surface area contributed by atoms with Gasteiger partial charge < -0.3 is 18.0 Å². The molecule has 0 rings (SSSR count). The van der Waals surface area contributed by atoms with Crippen molar-refractivity contribution >= 4 is 26.2 Å². The molecule has 25 heavy (non-hydrogen) atoms. The molecule has 0 radical (unpaired) electrons. The fraction of sp³-hybridized carbons (Fsp3) is 0.824. The van der Waals surface area contributed by atoms with Gasteiger partial charge in [-0.25, -0.2) is 0 Å². The minimum Gasteiger partial charge on any atom is -0.351 e. The molecule has 0 bridgehead atoms. The first-order valence-electron chi connectivity index (χ1n) is 9.21. The Morgan fingerprint density at radius 2 is 0.960 bits per heavy atom. The van der Waals surface area contributed by atoms with E-state index in [1.54, 1.807) is 0 Å². The largest absolute Gasteiger partial charge is 0.957 e. The average molecular weight is 374 g/mol. The molecule has 0 aromatic rings. The van der Waals surface area contributed by atoms with Crippen molar-refractivity contribution in [3.63, 3.8) is 0 Å². The number of hydrogen-bond acceptors (Lipinski definition) is 7. The topological polar surface area (TPSA) is 74.0 Å². The smallest absolute Gasteiger partial charge is 0.351 e. The van der Waals surface area contributed by atoms with Gasteiger partial charge in [-0.3, -0.25) is 0 Å². The molecule has 0 aromatic carbocycles. The van der Waals surface area contributed by atoms with Gasteiger partial charge in [-0.05, 0) is 47.0 Å². The average Bonchev–Trinajstić information content (AvgIpc) is 2.57. The Kier molecular flexibility index (Phi) is 13.0. The van der Waals surface area contributed by atoms with E-state index in [4.69, 9.17) is 18.0 Å². The van der Waals surface area contributed by atoms with Crippen LogP contribution in [0.4, 0.5) is 0 Å². The van der Waals surface area contributed by atoms with Crippen LogP contribution in [0.15, 0.2) is 15.5 Å². The van der Waals surface area contributed by atoms with Gasteiger partial charge in [0.2, 0.25) is 0 Å². The predicted molar refractivity (Wildman–Crippen MR) is 105 cm³/mol. The molecule has 0 aliphatic carbocycles. The summed E-state index contributed by atoms with van der Waals surface area (Å²) in [7, 11) is -3.63. The number of oxime groups is 3. The third-order valence-electron chi connectivity index (χ3n) is 3.10. The summed E-state index contributed by atoms with van der Waals surface area (Å²) < 4.78 is 22.4. The standard InChI is InChI=1S/C17H35N3O4Si/c1-8-12-15(5)18-22-25(21-11-4,23-19-16(6)13-9-2)24-20-17(7)14-10-3/h8-14H2,1-7H3. The lowest BCUT2D eigenvalue weighted by molar-refractivity contribution is -0.0302. The quantitative estimate of drug-likeness (QED) is 0.243. The van der Waals surface area contributed by atoms with Gasteiger partial charge in [0, 0.05) is 6.61 Å². The van der Waals surface area contributed by atoms with Crippen molar-refractivity contribution in [1.82, 2.24) is 0 Å². The van der Waals surface area contributed by atoms with Gasteiger partial charge in [0.15, 0.2) is 0 Å². The Bertz CT molecular complexity index is 393. The molecular formula is C17H35N3O4Si. The van der Waals surface area contributed by atoms with Crippen LogP contribution in [0.5, 0.6) is 0 Å². The molecule has 0 N–H and O–H groups in total. The van der Waals surface area contributed by atoms with Crippen LogP contribution in [-0.4, -0.2) is 32.8 Å². The van der Waals surface area contributed by atoms with Crippen LogP contribution in [0, 0.1) is 0 Å². The van der Waals surface area contributed by atoms with Crippen molar-refractivity contribution in [1.29, 1.82) is 0 Å². The van der Waals surface area contributed by atoms with Crippen LogP contribution in [0.25, 0.3) is 0 Å². The molecule has 0 aliphatic heterocycles. The van der Waals surface area contributed by atoms with Crippen molar-refractivity contribution in [3.8, 4) is 0 Å². The summed E-state index contributed by atoms with van der Waals surface area (Å²) in [4.78, 5) is 0. The molecule has 7 nitrogen and oxygen atoms in total. The fourth-order valence-corrected chi connectivity index (χ4v) is 3.34. The Labute approximate surface area is 153 Å². The van der Waals surface area contributed by atoms with Crippen LogP contribution in [-0.2, 0) is 18.0 Å². The van der Waals surface area contributed by atoms with Crippen molar-refractivity contribution in [2.45, 2.75) is 87.0 Å². The summed E-state index contributed by atoms with van der Waals surface area (Å²) in [6.45, 7) is 14.1. The molecular weight excluding hydrogens is 338 g/mol. The number of hydrogen-bond donors (Lipinski definition) is 0. The highest BCUT2D eigenvalue weighted by Gasteiger charge is 2.58. The van der Waals surface area contributed by atoms with Gasteiger partial charge in [-0.15, -0.1) is 15.5 Å². The Hall–Kier alpha value is -1.41. The lowest BCUT2D eigenvalue weighted by Crippen LogP contribution is -2.46. The second-order valence-electron chi connectivity index (χ2n) is 5.94. The van der Waals surface area contributed by atoms with E-state index in [0.717, 1.165) is 55.7 Å². The second kappa shape index (κ2) is 13.8. The molecule has 0 heterocycles. The van der Waals surface area contributed by atoms with Crippen LogP contribution >= 0.6 is 0 Å². The third-order valence-corrected chi connectivity index (χ3v) is 4.68. The molecule has 0 amide bonds. The summed E-state index contributed by atoms with van der Waals surface area (Å²) in [6, 6.07) is 0. The summed E-state index contributed by atoms with van der Waals surface area (Å²) in [6.07, 6.45) is 5.41. The first-order valence-corrected chi connectivity index (χ1v) is 10.8. The summed E-state index contributed by atoms with van der Waals surface area (Å²) in [5.74, 6) is 0. The molecule has 0 saturated carbocycles. The lowest BCUT2D eigenvalue weighted by atomic mass is 10.2. The minimum atomic E-state index is -3.63. The van der Waals surface area contributed by atoms with E-state index in [0.29, 0.717) is 6.61 Å². The van der Waals surface area contributed by atoms with E-state index in [-0.39, 0.29) is 0 Å². The first-order chi connectivity index (χ1) is 11.9. The molecule has 146 valence electrons. The van der Waals surface area contributed by atoms with Crippen LogP contribution in [0.3, 0.4) is 0 Å². The van der Waals surface area contributed by atoms with E-state index in [9.17, 15) is 0 Å². The molecule has 0 spiro atoms. The van der Waals surface area contributed by atoms with Gasteiger partial charge >= 0.3 is 9.05 Å². The highest BCUT2D eigenvalue weighted by molar-refractivity contribution is 6.53. The van der Waals surface area contributed by atoms with Crippen LogP contribution < -0.4 is 0 Å². The van der Waals surface area contributed by atoms with Gasteiger partial charge in [0.25, 0.3) is 0 Å². The molecule has 0 aliphatic rings. The van der Waals surface area contributed by atoms with Gasteiger partial charge in [0.05, 0.1) is 17.1 Å². The SMILES string of the molecule is CCCC(C)=NO[Si](OCC)(ON=C(C)CCC)ON=C(C)CCC. The van der Waals surface area contributed by atoms with Gasteiger partial charge in [0.1, 0.15) is 0 Å². The Balaban J connectivity index is 5.39. The normalized spacial score (nSPS) is 15.7. The number of nitrogens with zero attached hydrogens (tertiary/aromatic N) is 3. The zero-order valence-electron chi connectivity index (χ0n) is 16.9. The lowest BCUT2D eigenvalue weighted by Gasteiger charge is -2.20. The fourth-order valence-electron chi connectivity index (χ4n) is 1.93. The monoisotopic (exact) mass is 373 g/mol. The molecule has 8 heteroatoms. The molecule has 0 unspecified atom stereocenters. The van der Waals surface area contributed by atoms with Crippen molar-refractivity contribution in [3.05, 3.63) is 0 Å². The maximum absolute atomic E-state index is 5.67. The zero-order valence-corrected chi connectivity index (χ0v) is 17.9. The highest BCUT2D eigenvalue weighted by atomic mass is 28.4. The van der Waals surface area contributed by atoms with Crippen LogP contribution in [0.1, 0.15) is 87.0 Å².